The number of nitrogens with one attached hydrogen (secondary N) is 1. The van der Waals surface area contributed by atoms with Crippen LogP contribution in [-0.2, 0) is 0 Å². The highest BCUT2D eigenvalue weighted by Gasteiger charge is 2.34. The van der Waals surface area contributed by atoms with Gasteiger partial charge in [0.05, 0.1) is 0 Å². The van der Waals surface area contributed by atoms with E-state index in [4.69, 9.17) is 0 Å². The van der Waals surface area contributed by atoms with E-state index in [1.807, 2.05) is 18.7 Å². The Kier molecular flexibility index (Phi) is 5.80. The predicted molar refractivity (Wildman–Crippen MR) is 102 cm³/mol. The van der Waals surface area contributed by atoms with Crippen molar-refractivity contribution in [1.29, 1.82) is 0 Å². The molecular formula is C20H32N4O2. The molecule has 0 aromatic carbocycles. The van der Waals surface area contributed by atoms with E-state index >= 15 is 0 Å². The first kappa shape index (κ1) is 19.1. The minimum Gasteiger partial charge on any atom is -0.337 e. The molecule has 0 bridgehead atoms. The SMILES string of the molecule is CC(C)c1ncc(C(=O)N2CCCN(CC3CC3)[C@H](C(C)C)C2)c(=O)[nH]1. The van der Waals surface area contributed by atoms with Crippen LogP contribution in [0.25, 0.3) is 0 Å². The summed E-state index contributed by atoms with van der Waals surface area (Å²) < 4.78 is 0. The second kappa shape index (κ2) is 7.91. The Morgan fingerprint density at radius 2 is 2.00 bits per heavy atom. The van der Waals surface area contributed by atoms with Gasteiger partial charge in [-0.05, 0) is 31.1 Å². The Labute approximate surface area is 156 Å². The van der Waals surface area contributed by atoms with Crippen molar-refractivity contribution in [2.45, 2.75) is 58.9 Å². The van der Waals surface area contributed by atoms with E-state index in [9.17, 15) is 9.59 Å². The zero-order valence-electron chi connectivity index (χ0n) is 16.5. The second-order valence-electron chi connectivity index (χ2n) is 8.52. The van der Waals surface area contributed by atoms with Crippen LogP contribution >= 0.6 is 0 Å². The molecular weight excluding hydrogens is 328 g/mol. The van der Waals surface area contributed by atoms with E-state index in [2.05, 4.69) is 28.7 Å². The molecule has 144 valence electrons. The van der Waals surface area contributed by atoms with Crippen LogP contribution in [0.3, 0.4) is 0 Å². The standard InChI is InChI=1S/C20H32N4O2/c1-13(2)17-12-24(9-5-8-23(17)11-15-6-7-15)20(26)16-10-21-18(14(3)4)22-19(16)25/h10,13-15,17H,5-9,11-12H2,1-4H3,(H,21,22,25)/t17-/m0/s1. The number of hydrogen-bond donors (Lipinski definition) is 1. The first-order valence-corrected chi connectivity index (χ1v) is 9.99. The summed E-state index contributed by atoms with van der Waals surface area (Å²) in [7, 11) is 0. The maximum atomic E-state index is 13.0. The molecule has 1 aromatic heterocycles. The fourth-order valence-electron chi connectivity index (χ4n) is 3.76. The highest BCUT2D eigenvalue weighted by Crippen LogP contribution is 2.32. The van der Waals surface area contributed by atoms with E-state index in [1.165, 1.54) is 19.0 Å². The lowest BCUT2D eigenvalue weighted by atomic mass is 10.0. The zero-order chi connectivity index (χ0) is 18.8. The number of nitrogens with zero attached hydrogens (tertiary/aromatic N) is 3. The molecule has 6 heteroatoms. The summed E-state index contributed by atoms with van der Waals surface area (Å²) in [5, 5.41) is 0. The molecule has 0 unspecified atom stereocenters. The summed E-state index contributed by atoms with van der Waals surface area (Å²) in [5.41, 5.74) is -0.165. The van der Waals surface area contributed by atoms with Crippen molar-refractivity contribution in [2.24, 2.45) is 11.8 Å². The molecule has 2 heterocycles. The van der Waals surface area contributed by atoms with Crippen molar-refractivity contribution in [3.05, 3.63) is 27.9 Å². The largest absolute Gasteiger partial charge is 0.337 e. The van der Waals surface area contributed by atoms with Crippen LogP contribution in [0.15, 0.2) is 11.0 Å². The molecule has 2 fully saturated rings. The van der Waals surface area contributed by atoms with Crippen LogP contribution in [0, 0.1) is 11.8 Å². The van der Waals surface area contributed by atoms with E-state index in [0.717, 1.165) is 25.4 Å². The summed E-state index contributed by atoms with van der Waals surface area (Å²) in [6.45, 7) is 12.0. The molecule has 0 spiro atoms. The third-order valence-corrected chi connectivity index (χ3v) is 5.59. The lowest BCUT2D eigenvalue weighted by molar-refractivity contribution is 0.0702. The molecule has 1 amide bonds. The van der Waals surface area contributed by atoms with Crippen LogP contribution < -0.4 is 5.56 Å². The minimum atomic E-state index is -0.325. The molecule has 0 radical (unpaired) electrons. The molecule has 2 aliphatic rings. The fraction of sp³-hybridized carbons (Fsp3) is 0.750. The van der Waals surface area contributed by atoms with Gasteiger partial charge in [0.15, 0.2) is 0 Å². The average Bonchev–Trinajstić information content (AvgIpc) is 3.41. The predicted octanol–water partition coefficient (Wildman–Crippen LogP) is 2.48. The van der Waals surface area contributed by atoms with Gasteiger partial charge in [-0.15, -0.1) is 0 Å². The van der Waals surface area contributed by atoms with Crippen molar-refractivity contribution in [3.63, 3.8) is 0 Å². The summed E-state index contributed by atoms with van der Waals surface area (Å²) in [6.07, 6.45) is 5.09. The van der Waals surface area contributed by atoms with Gasteiger partial charge in [-0.2, -0.15) is 0 Å². The summed E-state index contributed by atoms with van der Waals surface area (Å²) in [5.74, 6) is 1.88. The maximum Gasteiger partial charge on any atom is 0.263 e. The topological polar surface area (TPSA) is 69.3 Å². The number of aromatic amines is 1. The molecule has 3 rings (SSSR count). The van der Waals surface area contributed by atoms with Gasteiger partial charge in [0.1, 0.15) is 11.4 Å². The van der Waals surface area contributed by atoms with Crippen molar-refractivity contribution in [1.82, 2.24) is 19.8 Å². The highest BCUT2D eigenvalue weighted by molar-refractivity contribution is 5.93. The number of carbonyl (C=O) groups is 1. The normalized spacial score (nSPS) is 22.1. The van der Waals surface area contributed by atoms with Crippen LogP contribution in [-0.4, -0.2) is 57.9 Å². The van der Waals surface area contributed by atoms with Gasteiger partial charge in [0, 0.05) is 44.3 Å². The first-order chi connectivity index (χ1) is 12.4. The molecule has 1 atom stereocenters. The van der Waals surface area contributed by atoms with E-state index in [1.54, 1.807) is 0 Å². The Balaban J connectivity index is 1.77. The number of H-pyrrole nitrogens is 1. The van der Waals surface area contributed by atoms with Crippen molar-refractivity contribution < 1.29 is 4.79 Å². The fourth-order valence-corrected chi connectivity index (χ4v) is 3.76. The van der Waals surface area contributed by atoms with E-state index in [-0.39, 0.29) is 22.9 Å². The Hall–Kier alpha value is -1.69. The molecule has 1 saturated carbocycles. The van der Waals surface area contributed by atoms with Gasteiger partial charge >= 0.3 is 0 Å². The van der Waals surface area contributed by atoms with Crippen molar-refractivity contribution >= 4 is 5.91 Å². The number of hydrogen-bond acceptors (Lipinski definition) is 4. The molecule has 6 nitrogen and oxygen atoms in total. The monoisotopic (exact) mass is 360 g/mol. The van der Waals surface area contributed by atoms with Gasteiger partial charge in [0.25, 0.3) is 11.5 Å². The van der Waals surface area contributed by atoms with Gasteiger partial charge in [0.2, 0.25) is 0 Å². The van der Waals surface area contributed by atoms with Gasteiger partial charge < -0.3 is 9.88 Å². The van der Waals surface area contributed by atoms with Crippen LogP contribution in [0.5, 0.6) is 0 Å². The quantitative estimate of drug-likeness (QED) is 0.876. The average molecular weight is 361 g/mol. The molecule has 26 heavy (non-hydrogen) atoms. The third-order valence-electron chi connectivity index (χ3n) is 5.59. The Morgan fingerprint density at radius 1 is 1.27 bits per heavy atom. The number of carbonyl (C=O) groups excluding carboxylic acids is 1. The van der Waals surface area contributed by atoms with Crippen LogP contribution in [0.4, 0.5) is 0 Å². The molecule has 1 aromatic rings. The molecule has 1 aliphatic carbocycles. The first-order valence-electron chi connectivity index (χ1n) is 9.99. The summed E-state index contributed by atoms with van der Waals surface area (Å²) >= 11 is 0. The van der Waals surface area contributed by atoms with E-state index < -0.39 is 0 Å². The second-order valence-corrected chi connectivity index (χ2v) is 8.52. The lowest BCUT2D eigenvalue weighted by Crippen LogP contribution is -2.47. The Morgan fingerprint density at radius 3 is 2.58 bits per heavy atom. The third kappa shape index (κ3) is 4.34. The summed E-state index contributed by atoms with van der Waals surface area (Å²) in [4.78, 5) is 36.9. The number of aromatic nitrogens is 2. The summed E-state index contributed by atoms with van der Waals surface area (Å²) in [6, 6.07) is 0.351. The Bertz CT molecular complexity index is 693. The van der Waals surface area contributed by atoms with Gasteiger partial charge in [-0.1, -0.05) is 27.7 Å². The molecule has 1 N–H and O–H groups in total. The van der Waals surface area contributed by atoms with Crippen molar-refractivity contribution in [2.75, 3.05) is 26.2 Å². The molecule has 1 aliphatic heterocycles. The maximum absolute atomic E-state index is 13.0. The van der Waals surface area contributed by atoms with Gasteiger partial charge in [-0.3, -0.25) is 14.5 Å². The molecule has 1 saturated heterocycles. The minimum absolute atomic E-state index is 0.131. The van der Waals surface area contributed by atoms with Crippen molar-refractivity contribution in [3.8, 4) is 0 Å². The van der Waals surface area contributed by atoms with Crippen LogP contribution in [0.1, 0.15) is 69.1 Å². The zero-order valence-corrected chi connectivity index (χ0v) is 16.5. The van der Waals surface area contributed by atoms with Crippen LogP contribution in [0.2, 0.25) is 0 Å². The highest BCUT2D eigenvalue weighted by atomic mass is 16.2. The number of amides is 1. The smallest absolute Gasteiger partial charge is 0.263 e. The lowest BCUT2D eigenvalue weighted by Gasteiger charge is -2.34. The van der Waals surface area contributed by atoms with Gasteiger partial charge in [-0.25, -0.2) is 4.98 Å². The number of rotatable bonds is 5. The van der Waals surface area contributed by atoms with E-state index in [0.29, 0.717) is 30.9 Å².